The number of hydrogen-bond acceptors (Lipinski definition) is 3. The maximum atomic E-state index is 12.8. The molecule has 3 atom stereocenters. The summed E-state index contributed by atoms with van der Waals surface area (Å²) in [5, 5.41) is 6.32. The van der Waals surface area contributed by atoms with E-state index in [1.165, 1.54) is 10.4 Å². The quantitative estimate of drug-likeness (QED) is 0.874. The summed E-state index contributed by atoms with van der Waals surface area (Å²) in [6.45, 7) is 0.914. The molecule has 3 unspecified atom stereocenters. The predicted octanol–water partition coefficient (Wildman–Crippen LogP) is 2.95. The van der Waals surface area contributed by atoms with E-state index in [4.69, 9.17) is 0 Å². The molecule has 0 N–H and O–H groups in total. The highest BCUT2D eigenvalue weighted by Gasteiger charge is 2.48. The van der Waals surface area contributed by atoms with E-state index in [0.717, 1.165) is 25.8 Å². The van der Waals surface area contributed by atoms with Gasteiger partial charge in [-0.3, -0.25) is 9.48 Å². The molecule has 2 aromatic heterocycles. The highest BCUT2D eigenvalue weighted by molar-refractivity contribution is 7.10. The molecule has 5 heteroatoms. The molecule has 2 fully saturated rings. The highest BCUT2D eigenvalue weighted by Crippen LogP contribution is 2.50. The topological polar surface area (TPSA) is 38.1 Å². The van der Waals surface area contributed by atoms with Crippen molar-refractivity contribution in [2.45, 2.75) is 31.2 Å². The Kier molecular flexibility index (Phi) is 3.10. The molecule has 2 aliphatic rings. The molecule has 21 heavy (non-hydrogen) atoms. The summed E-state index contributed by atoms with van der Waals surface area (Å²) < 4.78 is 1.82. The second-order valence-electron chi connectivity index (χ2n) is 6.10. The SMILES string of the molecule is Cn1cc(C2CC2C(=O)N2CCCC2c2cccs2)cn1. The van der Waals surface area contributed by atoms with Gasteiger partial charge in [0.05, 0.1) is 12.2 Å². The number of thiophene rings is 1. The minimum Gasteiger partial charge on any atom is -0.335 e. The lowest BCUT2D eigenvalue weighted by atomic mass is 10.1. The molecular weight excluding hydrogens is 282 g/mol. The van der Waals surface area contributed by atoms with Crippen molar-refractivity contribution in [1.29, 1.82) is 0 Å². The minimum absolute atomic E-state index is 0.176. The Bertz CT molecular complexity index is 648. The van der Waals surface area contributed by atoms with Crippen molar-refractivity contribution in [3.63, 3.8) is 0 Å². The minimum atomic E-state index is 0.176. The summed E-state index contributed by atoms with van der Waals surface area (Å²) in [4.78, 5) is 16.3. The first-order chi connectivity index (χ1) is 10.2. The number of carbonyl (C=O) groups is 1. The second kappa shape index (κ2) is 4.98. The van der Waals surface area contributed by atoms with Crippen LogP contribution in [-0.4, -0.2) is 27.1 Å². The zero-order valence-electron chi connectivity index (χ0n) is 12.1. The maximum Gasteiger partial charge on any atom is 0.226 e. The Morgan fingerprint density at radius 2 is 2.38 bits per heavy atom. The Balaban J connectivity index is 1.48. The Labute approximate surface area is 128 Å². The van der Waals surface area contributed by atoms with Gasteiger partial charge in [0.25, 0.3) is 0 Å². The summed E-state index contributed by atoms with van der Waals surface area (Å²) in [5.74, 6) is 0.908. The normalized spacial score (nSPS) is 28.0. The number of nitrogens with zero attached hydrogens (tertiary/aromatic N) is 3. The van der Waals surface area contributed by atoms with Crippen LogP contribution in [0.2, 0.25) is 0 Å². The first kappa shape index (κ1) is 13.1. The standard InChI is InChI=1S/C16H19N3OS/c1-18-10-11(9-17-18)12-8-13(12)16(20)19-6-2-4-14(19)15-5-3-7-21-15/h3,5,7,9-10,12-14H,2,4,6,8H2,1H3. The lowest BCUT2D eigenvalue weighted by molar-refractivity contribution is -0.133. The van der Waals surface area contributed by atoms with Crippen LogP contribution in [0.25, 0.3) is 0 Å². The van der Waals surface area contributed by atoms with Crippen LogP contribution < -0.4 is 0 Å². The average molecular weight is 301 g/mol. The van der Waals surface area contributed by atoms with Gasteiger partial charge < -0.3 is 4.90 Å². The van der Waals surface area contributed by atoms with Crippen molar-refractivity contribution < 1.29 is 4.79 Å². The van der Waals surface area contributed by atoms with Gasteiger partial charge in [0.15, 0.2) is 0 Å². The Morgan fingerprint density at radius 1 is 1.48 bits per heavy atom. The van der Waals surface area contributed by atoms with Crippen molar-refractivity contribution in [3.05, 3.63) is 40.3 Å². The molecule has 1 aliphatic heterocycles. The molecular formula is C16H19N3OS. The van der Waals surface area contributed by atoms with Crippen LogP contribution >= 0.6 is 11.3 Å². The molecule has 0 spiro atoms. The molecule has 3 heterocycles. The van der Waals surface area contributed by atoms with E-state index in [1.807, 2.05) is 24.1 Å². The molecule has 0 bridgehead atoms. The number of aryl methyl sites for hydroxylation is 1. The first-order valence-electron chi connectivity index (χ1n) is 7.56. The molecule has 4 rings (SSSR count). The molecule has 2 aromatic rings. The fourth-order valence-electron chi connectivity index (χ4n) is 3.49. The lowest BCUT2D eigenvalue weighted by Crippen LogP contribution is -2.31. The van der Waals surface area contributed by atoms with E-state index in [0.29, 0.717) is 17.9 Å². The maximum absolute atomic E-state index is 12.8. The predicted molar refractivity (Wildman–Crippen MR) is 82.1 cm³/mol. The number of hydrogen-bond donors (Lipinski definition) is 0. The molecule has 4 nitrogen and oxygen atoms in total. The molecule has 0 aromatic carbocycles. The van der Waals surface area contributed by atoms with Crippen molar-refractivity contribution in [1.82, 2.24) is 14.7 Å². The molecule has 1 aliphatic carbocycles. The van der Waals surface area contributed by atoms with Crippen LogP contribution in [0.4, 0.5) is 0 Å². The van der Waals surface area contributed by atoms with E-state index < -0.39 is 0 Å². The number of amides is 1. The summed E-state index contributed by atoms with van der Waals surface area (Å²) in [6.07, 6.45) is 7.16. The lowest BCUT2D eigenvalue weighted by Gasteiger charge is -2.24. The smallest absolute Gasteiger partial charge is 0.226 e. The largest absolute Gasteiger partial charge is 0.335 e. The molecule has 1 amide bonds. The summed E-state index contributed by atoms with van der Waals surface area (Å²) in [7, 11) is 1.93. The van der Waals surface area contributed by atoms with Crippen molar-refractivity contribution in [2.75, 3.05) is 6.54 Å². The molecule has 0 radical (unpaired) electrons. The van der Waals surface area contributed by atoms with Crippen molar-refractivity contribution in [3.8, 4) is 0 Å². The first-order valence-corrected chi connectivity index (χ1v) is 8.44. The van der Waals surface area contributed by atoms with Gasteiger partial charge in [0.1, 0.15) is 0 Å². The third kappa shape index (κ3) is 2.29. The third-order valence-corrected chi connectivity index (χ3v) is 5.64. The van der Waals surface area contributed by atoms with E-state index in [9.17, 15) is 4.79 Å². The van der Waals surface area contributed by atoms with Gasteiger partial charge in [-0.05, 0) is 42.2 Å². The summed E-state index contributed by atoms with van der Waals surface area (Å²) in [6, 6.07) is 4.55. The van der Waals surface area contributed by atoms with Gasteiger partial charge in [-0.15, -0.1) is 11.3 Å². The molecule has 1 saturated heterocycles. The number of carbonyl (C=O) groups excluding carboxylic acids is 1. The Hall–Kier alpha value is -1.62. The average Bonchev–Trinajstić information content (AvgIpc) is 2.94. The zero-order chi connectivity index (χ0) is 14.4. The van der Waals surface area contributed by atoms with Crippen LogP contribution in [-0.2, 0) is 11.8 Å². The van der Waals surface area contributed by atoms with Crippen molar-refractivity contribution in [2.24, 2.45) is 13.0 Å². The van der Waals surface area contributed by atoms with Crippen LogP contribution in [0, 0.1) is 5.92 Å². The monoisotopic (exact) mass is 301 g/mol. The highest BCUT2D eigenvalue weighted by atomic mass is 32.1. The van der Waals surface area contributed by atoms with E-state index in [2.05, 4.69) is 27.5 Å². The zero-order valence-corrected chi connectivity index (χ0v) is 12.9. The second-order valence-corrected chi connectivity index (χ2v) is 7.08. The molecule has 110 valence electrons. The molecule has 1 saturated carbocycles. The number of likely N-dealkylation sites (tertiary alicyclic amines) is 1. The van der Waals surface area contributed by atoms with E-state index in [1.54, 1.807) is 11.3 Å². The van der Waals surface area contributed by atoms with Crippen molar-refractivity contribution >= 4 is 17.2 Å². The number of rotatable bonds is 3. The van der Waals surface area contributed by atoms with Crippen LogP contribution in [0.1, 0.15) is 41.7 Å². The van der Waals surface area contributed by atoms with E-state index >= 15 is 0 Å². The van der Waals surface area contributed by atoms with Crippen LogP contribution in [0.15, 0.2) is 29.9 Å². The van der Waals surface area contributed by atoms with Gasteiger partial charge >= 0.3 is 0 Å². The summed E-state index contributed by atoms with van der Waals surface area (Å²) >= 11 is 1.77. The fraction of sp³-hybridized carbons (Fsp3) is 0.500. The third-order valence-electron chi connectivity index (χ3n) is 4.67. The number of aromatic nitrogens is 2. The van der Waals surface area contributed by atoms with Crippen LogP contribution in [0.3, 0.4) is 0 Å². The fourth-order valence-corrected chi connectivity index (χ4v) is 4.36. The van der Waals surface area contributed by atoms with E-state index in [-0.39, 0.29) is 5.92 Å². The van der Waals surface area contributed by atoms with Gasteiger partial charge in [0.2, 0.25) is 5.91 Å². The summed E-state index contributed by atoms with van der Waals surface area (Å²) in [5.41, 5.74) is 1.21. The van der Waals surface area contributed by atoms with Gasteiger partial charge in [-0.25, -0.2) is 0 Å². The van der Waals surface area contributed by atoms with Gasteiger partial charge in [-0.2, -0.15) is 5.10 Å². The van der Waals surface area contributed by atoms with Gasteiger partial charge in [-0.1, -0.05) is 6.07 Å². The van der Waals surface area contributed by atoms with Crippen LogP contribution in [0.5, 0.6) is 0 Å². The Morgan fingerprint density at radius 3 is 3.10 bits per heavy atom. The van der Waals surface area contributed by atoms with Gasteiger partial charge in [0, 0.05) is 30.6 Å².